The minimum Gasteiger partial charge on any atom is -0.481 e. The molecular formula is C13H17BrN4O3. The first-order chi connectivity index (χ1) is 10.1. The number of carbonyl (C=O) groups excluding carboxylic acids is 1. The van der Waals surface area contributed by atoms with Gasteiger partial charge in [-0.1, -0.05) is 0 Å². The highest BCUT2D eigenvalue weighted by Gasteiger charge is 2.22. The van der Waals surface area contributed by atoms with Crippen LogP contribution in [0.5, 0.6) is 0 Å². The normalized spacial score (nSPS) is 15.1. The van der Waals surface area contributed by atoms with Gasteiger partial charge < -0.3 is 14.9 Å². The second kappa shape index (κ2) is 7.35. The van der Waals surface area contributed by atoms with Crippen LogP contribution in [-0.2, 0) is 9.59 Å². The SMILES string of the molecule is O=C(O)CCCC(=O)N1CCN(c2ncc(Br)cn2)CC1. The number of rotatable bonds is 5. The summed E-state index contributed by atoms with van der Waals surface area (Å²) >= 11 is 3.29. The molecule has 1 fully saturated rings. The summed E-state index contributed by atoms with van der Waals surface area (Å²) in [5, 5.41) is 8.57. The molecule has 0 saturated carbocycles. The highest BCUT2D eigenvalue weighted by Crippen LogP contribution is 2.14. The lowest BCUT2D eigenvalue weighted by molar-refractivity contribution is -0.137. The number of piperazine rings is 1. The molecule has 0 radical (unpaired) electrons. The number of amides is 1. The summed E-state index contributed by atoms with van der Waals surface area (Å²) < 4.78 is 0.832. The average Bonchev–Trinajstić information content (AvgIpc) is 2.48. The molecule has 0 unspecified atom stereocenters. The lowest BCUT2D eigenvalue weighted by Gasteiger charge is -2.34. The van der Waals surface area contributed by atoms with Crippen molar-refractivity contribution in [3.63, 3.8) is 0 Å². The minimum atomic E-state index is -0.861. The van der Waals surface area contributed by atoms with Crippen LogP contribution < -0.4 is 4.90 Å². The van der Waals surface area contributed by atoms with Crippen LogP contribution in [0.2, 0.25) is 0 Å². The Bertz CT molecular complexity index is 501. The van der Waals surface area contributed by atoms with Gasteiger partial charge in [0, 0.05) is 51.4 Å². The van der Waals surface area contributed by atoms with E-state index in [1.54, 1.807) is 17.3 Å². The minimum absolute atomic E-state index is 0.0209. The topological polar surface area (TPSA) is 86.6 Å². The summed E-state index contributed by atoms with van der Waals surface area (Å²) in [5.74, 6) is -0.177. The van der Waals surface area contributed by atoms with E-state index >= 15 is 0 Å². The van der Waals surface area contributed by atoms with E-state index in [2.05, 4.69) is 25.9 Å². The van der Waals surface area contributed by atoms with E-state index in [0.29, 0.717) is 45.0 Å². The first-order valence-corrected chi connectivity index (χ1v) is 7.57. The second-order valence-corrected chi connectivity index (χ2v) is 5.73. The number of anilines is 1. The zero-order chi connectivity index (χ0) is 15.2. The molecule has 1 aliphatic heterocycles. The molecule has 1 aromatic heterocycles. The van der Waals surface area contributed by atoms with E-state index in [1.807, 2.05) is 4.90 Å². The van der Waals surface area contributed by atoms with Crippen molar-refractivity contribution in [2.45, 2.75) is 19.3 Å². The third-order valence-electron chi connectivity index (χ3n) is 3.30. The Morgan fingerprint density at radius 3 is 2.33 bits per heavy atom. The van der Waals surface area contributed by atoms with Gasteiger partial charge in [0.1, 0.15) is 0 Å². The fraction of sp³-hybridized carbons (Fsp3) is 0.538. The van der Waals surface area contributed by atoms with Crippen LogP contribution in [0.15, 0.2) is 16.9 Å². The van der Waals surface area contributed by atoms with Crippen LogP contribution in [0, 0.1) is 0 Å². The van der Waals surface area contributed by atoms with Crippen molar-refractivity contribution in [1.29, 1.82) is 0 Å². The smallest absolute Gasteiger partial charge is 0.303 e. The zero-order valence-electron chi connectivity index (χ0n) is 11.5. The van der Waals surface area contributed by atoms with Crippen molar-refractivity contribution in [1.82, 2.24) is 14.9 Å². The molecule has 0 aliphatic carbocycles. The van der Waals surface area contributed by atoms with Gasteiger partial charge >= 0.3 is 5.97 Å². The monoisotopic (exact) mass is 356 g/mol. The number of aliphatic carboxylic acids is 1. The highest BCUT2D eigenvalue weighted by atomic mass is 79.9. The van der Waals surface area contributed by atoms with Crippen molar-refractivity contribution in [2.24, 2.45) is 0 Å². The molecule has 1 N–H and O–H groups in total. The summed E-state index contributed by atoms with van der Waals surface area (Å²) in [5.41, 5.74) is 0. The van der Waals surface area contributed by atoms with Gasteiger partial charge in [0.2, 0.25) is 11.9 Å². The molecule has 2 rings (SSSR count). The summed E-state index contributed by atoms with van der Waals surface area (Å²) in [4.78, 5) is 34.7. The number of aromatic nitrogens is 2. The van der Waals surface area contributed by atoms with E-state index < -0.39 is 5.97 Å². The van der Waals surface area contributed by atoms with Crippen molar-refractivity contribution >= 4 is 33.8 Å². The van der Waals surface area contributed by atoms with Crippen LogP contribution >= 0.6 is 15.9 Å². The van der Waals surface area contributed by atoms with Crippen LogP contribution in [-0.4, -0.2) is 58.0 Å². The van der Waals surface area contributed by atoms with E-state index in [0.717, 1.165) is 4.47 Å². The van der Waals surface area contributed by atoms with Crippen LogP contribution in [0.25, 0.3) is 0 Å². The second-order valence-electron chi connectivity index (χ2n) is 4.82. The molecule has 2 heterocycles. The molecule has 1 amide bonds. The molecule has 0 bridgehead atoms. The van der Waals surface area contributed by atoms with Gasteiger partial charge in [-0.15, -0.1) is 0 Å². The van der Waals surface area contributed by atoms with E-state index in [-0.39, 0.29) is 12.3 Å². The largest absolute Gasteiger partial charge is 0.481 e. The first kappa shape index (κ1) is 15.7. The molecule has 8 heteroatoms. The van der Waals surface area contributed by atoms with Gasteiger partial charge in [0.15, 0.2) is 0 Å². The van der Waals surface area contributed by atoms with Crippen LogP contribution in [0.4, 0.5) is 5.95 Å². The quantitative estimate of drug-likeness (QED) is 0.851. The molecule has 1 aliphatic rings. The Kier molecular flexibility index (Phi) is 5.49. The number of carbonyl (C=O) groups is 2. The third-order valence-corrected chi connectivity index (χ3v) is 3.71. The average molecular weight is 357 g/mol. The van der Waals surface area contributed by atoms with Gasteiger partial charge in [-0.2, -0.15) is 0 Å². The van der Waals surface area contributed by atoms with Crippen molar-refractivity contribution in [2.75, 3.05) is 31.1 Å². The van der Waals surface area contributed by atoms with Gasteiger partial charge in [-0.25, -0.2) is 9.97 Å². The predicted molar refractivity (Wildman–Crippen MR) is 80.0 cm³/mol. The van der Waals surface area contributed by atoms with Gasteiger partial charge in [0.25, 0.3) is 0 Å². The zero-order valence-corrected chi connectivity index (χ0v) is 13.1. The van der Waals surface area contributed by atoms with E-state index in [4.69, 9.17) is 5.11 Å². The maximum atomic E-state index is 11.9. The number of carboxylic acids is 1. The van der Waals surface area contributed by atoms with E-state index in [1.165, 1.54) is 0 Å². The molecule has 1 saturated heterocycles. The highest BCUT2D eigenvalue weighted by molar-refractivity contribution is 9.10. The molecule has 21 heavy (non-hydrogen) atoms. The summed E-state index contributed by atoms with van der Waals surface area (Å²) in [6.07, 6.45) is 4.13. The maximum absolute atomic E-state index is 11.9. The number of carboxylic acid groups (broad SMARTS) is 1. The molecule has 1 aromatic rings. The Labute approximate surface area is 131 Å². The third kappa shape index (κ3) is 4.66. The number of halogens is 1. The molecule has 0 atom stereocenters. The summed E-state index contributed by atoms with van der Waals surface area (Å²) in [6, 6.07) is 0. The van der Waals surface area contributed by atoms with Crippen LogP contribution in [0.3, 0.4) is 0 Å². The van der Waals surface area contributed by atoms with Crippen molar-refractivity contribution in [3.05, 3.63) is 16.9 Å². The standard InChI is InChI=1S/C13H17BrN4O3/c14-10-8-15-13(16-9-10)18-6-4-17(5-7-18)11(19)2-1-3-12(20)21/h8-9H,1-7H2,(H,20,21). The van der Waals surface area contributed by atoms with Crippen molar-refractivity contribution < 1.29 is 14.7 Å². The molecule has 7 nitrogen and oxygen atoms in total. The Morgan fingerprint density at radius 2 is 1.76 bits per heavy atom. The first-order valence-electron chi connectivity index (χ1n) is 6.78. The summed E-state index contributed by atoms with van der Waals surface area (Å²) in [6.45, 7) is 2.61. The number of nitrogens with zero attached hydrogens (tertiary/aromatic N) is 4. The Hall–Kier alpha value is -1.70. The summed E-state index contributed by atoms with van der Waals surface area (Å²) in [7, 11) is 0. The van der Waals surface area contributed by atoms with Gasteiger partial charge in [-0.3, -0.25) is 9.59 Å². The number of hydrogen-bond donors (Lipinski definition) is 1. The van der Waals surface area contributed by atoms with Gasteiger partial charge in [0.05, 0.1) is 4.47 Å². The Balaban J connectivity index is 1.78. The lowest BCUT2D eigenvalue weighted by atomic mass is 10.2. The number of hydrogen-bond acceptors (Lipinski definition) is 5. The van der Waals surface area contributed by atoms with Crippen LogP contribution in [0.1, 0.15) is 19.3 Å². The molecule has 0 aromatic carbocycles. The fourth-order valence-corrected chi connectivity index (χ4v) is 2.38. The van der Waals surface area contributed by atoms with E-state index in [9.17, 15) is 9.59 Å². The Morgan fingerprint density at radius 1 is 1.14 bits per heavy atom. The molecule has 0 spiro atoms. The lowest BCUT2D eigenvalue weighted by Crippen LogP contribution is -2.49. The molecule has 114 valence electrons. The maximum Gasteiger partial charge on any atom is 0.303 e. The predicted octanol–water partition coefficient (Wildman–Crippen LogP) is 1.14. The van der Waals surface area contributed by atoms with Gasteiger partial charge in [-0.05, 0) is 22.4 Å². The van der Waals surface area contributed by atoms with Crippen molar-refractivity contribution in [3.8, 4) is 0 Å². The molecular weight excluding hydrogens is 340 g/mol. The fourth-order valence-electron chi connectivity index (χ4n) is 2.17.